The van der Waals surface area contributed by atoms with Crippen LogP contribution in [0.1, 0.15) is 66.2 Å². The van der Waals surface area contributed by atoms with Crippen LogP contribution < -0.4 is 0 Å². The molecule has 0 radical (unpaired) electrons. The second-order valence-corrected chi connectivity index (χ2v) is 4.83. The molecule has 0 aliphatic heterocycles. The number of aliphatic hydroxyl groups excluding tert-OH is 1. The smallest absolute Gasteiger partial charge is 0.0537 e. The van der Waals surface area contributed by atoms with Gasteiger partial charge in [-0.25, -0.2) is 0 Å². The standard InChI is InChI=1S/C12H26O/c1-5-11(13)9-7-8-10-12(3,4)6-2/h11,13H,5-10H2,1-4H3. The van der Waals surface area contributed by atoms with Gasteiger partial charge >= 0.3 is 0 Å². The molecule has 1 atom stereocenters. The van der Waals surface area contributed by atoms with Crippen LogP contribution in [0.15, 0.2) is 0 Å². The Morgan fingerprint density at radius 2 is 1.77 bits per heavy atom. The van der Waals surface area contributed by atoms with Gasteiger partial charge in [-0.2, -0.15) is 0 Å². The first-order valence-corrected chi connectivity index (χ1v) is 5.70. The lowest BCUT2D eigenvalue weighted by Gasteiger charge is -2.22. The first-order chi connectivity index (χ1) is 6.02. The fraction of sp³-hybridized carbons (Fsp3) is 1.00. The van der Waals surface area contributed by atoms with Crippen LogP contribution in [0.4, 0.5) is 0 Å². The molecule has 1 N–H and O–H groups in total. The Kier molecular flexibility index (Phi) is 6.40. The molecule has 0 aromatic carbocycles. The predicted molar refractivity (Wildman–Crippen MR) is 58.8 cm³/mol. The van der Waals surface area contributed by atoms with Crippen molar-refractivity contribution >= 4 is 0 Å². The van der Waals surface area contributed by atoms with E-state index in [1.165, 1.54) is 25.7 Å². The van der Waals surface area contributed by atoms with Crippen molar-refractivity contribution in [2.75, 3.05) is 0 Å². The molecular formula is C12H26O. The highest BCUT2D eigenvalue weighted by molar-refractivity contribution is 4.66. The zero-order chi connectivity index (χ0) is 10.3. The van der Waals surface area contributed by atoms with Gasteiger partial charge in [-0.1, -0.05) is 47.0 Å². The van der Waals surface area contributed by atoms with Crippen molar-refractivity contribution in [3.8, 4) is 0 Å². The minimum Gasteiger partial charge on any atom is -0.393 e. The summed E-state index contributed by atoms with van der Waals surface area (Å²) in [5.41, 5.74) is 0.497. The van der Waals surface area contributed by atoms with Gasteiger partial charge in [0.05, 0.1) is 6.10 Å². The molecule has 0 heterocycles. The molecule has 0 fully saturated rings. The summed E-state index contributed by atoms with van der Waals surface area (Å²) in [4.78, 5) is 0. The zero-order valence-electron chi connectivity index (χ0n) is 9.77. The summed E-state index contributed by atoms with van der Waals surface area (Å²) in [5.74, 6) is 0. The van der Waals surface area contributed by atoms with Crippen LogP contribution in [0.3, 0.4) is 0 Å². The zero-order valence-corrected chi connectivity index (χ0v) is 9.77. The van der Waals surface area contributed by atoms with Gasteiger partial charge in [0.2, 0.25) is 0 Å². The molecule has 0 aromatic heterocycles. The summed E-state index contributed by atoms with van der Waals surface area (Å²) in [6, 6.07) is 0. The summed E-state index contributed by atoms with van der Waals surface area (Å²) in [6.07, 6.45) is 6.80. The van der Waals surface area contributed by atoms with E-state index < -0.39 is 0 Å². The van der Waals surface area contributed by atoms with Gasteiger partial charge in [-0.15, -0.1) is 0 Å². The van der Waals surface area contributed by atoms with Crippen LogP contribution in [0, 0.1) is 5.41 Å². The highest BCUT2D eigenvalue weighted by Gasteiger charge is 2.14. The third-order valence-corrected chi connectivity index (χ3v) is 3.07. The molecule has 0 saturated carbocycles. The van der Waals surface area contributed by atoms with Crippen LogP contribution in [0.5, 0.6) is 0 Å². The van der Waals surface area contributed by atoms with Crippen molar-refractivity contribution in [2.24, 2.45) is 5.41 Å². The van der Waals surface area contributed by atoms with Crippen molar-refractivity contribution in [1.29, 1.82) is 0 Å². The third-order valence-electron chi connectivity index (χ3n) is 3.07. The first-order valence-electron chi connectivity index (χ1n) is 5.70. The Morgan fingerprint density at radius 1 is 1.15 bits per heavy atom. The molecule has 1 heteroatoms. The normalized spacial score (nSPS) is 14.5. The summed E-state index contributed by atoms with van der Waals surface area (Å²) >= 11 is 0. The second-order valence-electron chi connectivity index (χ2n) is 4.83. The van der Waals surface area contributed by atoms with E-state index in [2.05, 4.69) is 20.8 Å². The Morgan fingerprint density at radius 3 is 2.23 bits per heavy atom. The molecule has 0 aromatic rings. The van der Waals surface area contributed by atoms with Crippen LogP contribution in [0.25, 0.3) is 0 Å². The summed E-state index contributed by atoms with van der Waals surface area (Å²) < 4.78 is 0. The second kappa shape index (κ2) is 6.42. The lowest BCUT2D eigenvalue weighted by atomic mass is 9.84. The monoisotopic (exact) mass is 186 g/mol. The van der Waals surface area contributed by atoms with Gasteiger partial charge in [-0.3, -0.25) is 0 Å². The number of hydrogen-bond donors (Lipinski definition) is 1. The summed E-state index contributed by atoms with van der Waals surface area (Å²) in [5, 5.41) is 9.34. The first kappa shape index (κ1) is 13.0. The molecule has 1 nitrogen and oxygen atoms in total. The minimum absolute atomic E-state index is 0.0651. The van der Waals surface area contributed by atoms with Gasteiger partial charge in [-0.05, 0) is 24.7 Å². The molecule has 0 aliphatic carbocycles. The number of hydrogen-bond acceptors (Lipinski definition) is 1. The molecule has 0 amide bonds. The molecule has 80 valence electrons. The number of rotatable bonds is 7. The largest absolute Gasteiger partial charge is 0.393 e. The third kappa shape index (κ3) is 7.06. The van der Waals surface area contributed by atoms with Crippen LogP contribution >= 0.6 is 0 Å². The molecular weight excluding hydrogens is 160 g/mol. The van der Waals surface area contributed by atoms with Crippen molar-refractivity contribution in [3.63, 3.8) is 0 Å². The quantitative estimate of drug-likeness (QED) is 0.600. The van der Waals surface area contributed by atoms with E-state index in [1.807, 2.05) is 6.92 Å². The van der Waals surface area contributed by atoms with E-state index in [1.54, 1.807) is 0 Å². The van der Waals surface area contributed by atoms with Gasteiger partial charge in [0, 0.05) is 0 Å². The summed E-state index contributed by atoms with van der Waals surface area (Å²) in [7, 11) is 0. The average molecular weight is 186 g/mol. The number of unbranched alkanes of at least 4 members (excludes halogenated alkanes) is 1. The van der Waals surface area contributed by atoms with Gasteiger partial charge in [0.1, 0.15) is 0 Å². The fourth-order valence-electron chi connectivity index (χ4n) is 1.36. The molecule has 0 spiro atoms. The van der Waals surface area contributed by atoms with E-state index in [0.717, 1.165) is 12.8 Å². The molecule has 1 unspecified atom stereocenters. The minimum atomic E-state index is -0.0651. The van der Waals surface area contributed by atoms with E-state index in [0.29, 0.717) is 5.41 Å². The molecule has 0 saturated heterocycles. The topological polar surface area (TPSA) is 20.2 Å². The SMILES string of the molecule is CCC(O)CCCCC(C)(C)CC. The molecule has 0 aliphatic rings. The van der Waals surface area contributed by atoms with Crippen molar-refractivity contribution in [2.45, 2.75) is 72.3 Å². The van der Waals surface area contributed by atoms with Crippen molar-refractivity contribution < 1.29 is 5.11 Å². The Hall–Kier alpha value is -0.0400. The Labute approximate surface area is 83.5 Å². The van der Waals surface area contributed by atoms with Gasteiger partial charge in [0.15, 0.2) is 0 Å². The summed E-state index contributed by atoms with van der Waals surface area (Å²) in [6.45, 7) is 8.94. The number of aliphatic hydroxyl groups is 1. The van der Waals surface area contributed by atoms with E-state index in [-0.39, 0.29) is 6.10 Å². The van der Waals surface area contributed by atoms with Crippen LogP contribution in [-0.2, 0) is 0 Å². The van der Waals surface area contributed by atoms with E-state index in [4.69, 9.17) is 0 Å². The van der Waals surface area contributed by atoms with Crippen LogP contribution in [-0.4, -0.2) is 11.2 Å². The van der Waals surface area contributed by atoms with Crippen molar-refractivity contribution in [3.05, 3.63) is 0 Å². The van der Waals surface area contributed by atoms with Crippen LogP contribution in [0.2, 0.25) is 0 Å². The van der Waals surface area contributed by atoms with E-state index in [9.17, 15) is 5.11 Å². The highest BCUT2D eigenvalue weighted by Crippen LogP contribution is 2.27. The average Bonchev–Trinajstić information content (AvgIpc) is 2.12. The predicted octanol–water partition coefficient (Wildman–Crippen LogP) is 3.75. The maximum atomic E-state index is 9.34. The maximum Gasteiger partial charge on any atom is 0.0537 e. The lowest BCUT2D eigenvalue weighted by molar-refractivity contribution is 0.154. The van der Waals surface area contributed by atoms with Gasteiger partial charge in [0.25, 0.3) is 0 Å². The van der Waals surface area contributed by atoms with Gasteiger partial charge < -0.3 is 5.11 Å². The Bertz CT molecular complexity index is 118. The van der Waals surface area contributed by atoms with E-state index >= 15 is 0 Å². The molecule has 13 heavy (non-hydrogen) atoms. The maximum absolute atomic E-state index is 9.34. The Balaban J connectivity index is 3.35. The molecule has 0 bridgehead atoms. The fourth-order valence-corrected chi connectivity index (χ4v) is 1.36. The molecule has 0 rings (SSSR count). The lowest BCUT2D eigenvalue weighted by Crippen LogP contribution is -2.10. The highest BCUT2D eigenvalue weighted by atomic mass is 16.3. The van der Waals surface area contributed by atoms with Crippen molar-refractivity contribution in [1.82, 2.24) is 0 Å².